The highest BCUT2D eigenvalue weighted by Gasteiger charge is 2.42. The number of rotatable bonds is 51. The van der Waals surface area contributed by atoms with Crippen molar-refractivity contribution in [1.29, 1.82) is 0 Å². The first-order valence-electron chi connectivity index (χ1n) is 34.7. The Morgan fingerprint density at radius 2 is 0.450 bits per heavy atom. The van der Waals surface area contributed by atoms with E-state index in [1.165, 1.54) is 48.6 Å². The Hall–Kier alpha value is -6.92. The highest BCUT2D eigenvalue weighted by molar-refractivity contribution is 6.15. The van der Waals surface area contributed by atoms with Gasteiger partial charge in [0.25, 0.3) is 47.3 Å². The second-order valence-corrected chi connectivity index (χ2v) is 30.9. The molecule has 0 atom stereocenters. The van der Waals surface area contributed by atoms with Crippen LogP contribution in [0, 0.1) is 5.41 Å². The lowest BCUT2D eigenvalue weighted by Gasteiger charge is -2.42. The largest absolute Gasteiger partial charge is 0.375 e. The number of nitrogens with zero attached hydrogens (tertiary/aromatic N) is 4. The number of amides is 12. The lowest BCUT2D eigenvalue weighted by molar-refractivity contribution is -0.204. The van der Waals surface area contributed by atoms with Crippen molar-refractivity contribution in [3.63, 3.8) is 0 Å². The third-order valence-electron chi connectivity index (χ3n) is 17.5. The Labute approximate surface area is 590 Å². The molecule has 28 heteroatoms. The first-order chi connectivity index (χ1) is 46.3. The van der Waals surface area contributed by atoms with E-state index in [-0.39, 0.29) is 135 Å². The molecule has 4 aliphatic heterocycles. The van der Waals surface area contributed by atoms with Gasteiger partial charge in [-0.1, -0.05) is 0 Å². The number of nitrogens with one attached hydrogen (secondary N) is 4. The Bertz CT molecular complexity index is 2710. The molecule has 0 aliphatic carbocycles. The van der Waals surface area contributed by atoms with E-state index in [1.807, 2.05) is 111 Å². The fraction of sp³-hybridized carbons (Fsp3) is 0.722. The maximum Gasteiger partial charge on any atom is 0.253 e. The molecular formula is C72H114N8O20. The van der Waals surface area contributed by atoms with E-state index in [0.717, 1.165) is 19.6 Å². The summed E-state index contributed by atoms with van der Waals surface area (Å²) in [6.07, 6.45) is 12.4. The standard InChI is InChI=1S/C72H114N8O20/c1-64(2,29-36-73-52(81)25-40-77-56(85)17-18-57(77)86)93-44-33-68(9,10)97-48-72(51-100-71(15,16)47-96-67(7,8)32-39-76-55(84)28-43-80-62(91)23-24-63(80)92,49-98-69(11,12)34-45-94-65(3,4)30-37-74-53(82)26-41-78-58(87)19-20-59(78)88)50-99-70(13,14)35-46-95-66(5,6)31-38-75-54(83)27-42-79-60(89)21-22-61(79)90/h17-24H,25-51H2,1-16H3,(H,73,81)(H,74,82)(H,75,83)(H,76,84). The van der Waals surface area contributed by atoms with Crippen LogP contribution < -0.4 is 21.3 Å². The molecule has 0 saturated carbocycles. The third kappa shape index (κ3) is 32.0. The molecular weight excluding hydrogens is 1300 g/mol. The highest BCUT2D eigenvalue weighted by Crippen LogP contribution is 2.33. The van der Waals surface area contributed by atoms with Crippen molar-refractivity contribution in [2.75, 3.05) is 105 Å². The van der Waals surface area contributed by atoms with Crippen molar-refractivity contribution >= 4 is 70.9 Å². The minimum Gasteiger partial charge on any atom is -0.375 e. The van der Waals surface area contributed by atoms with Crippen LogP contribution in [0.5, 0.6) is 0 Å². The fourth-order valence-electron chi connectivity index (χ4n) is 10.1. The third-order valence-corrected chi connectivity index (χ3v) is 17.5. The lowest BCUT2D eigenvalue weighted by Crippen LogP contribution is -2.50. The minimum atomic E-state index is -1.03. The summed E-state index contributed by atoms with van der Waals surface area (Å²) in [5, 5.41) is 11.5. The molecule has 0 radical (unpaired) electrons. The Kier molecular flexibility index (Phi) is 32.3. The summed E-state index contributed by atoms with van der Waals surface area (Å²) in [5.41, 5.74) is -7.11. The van der Waals surface area contributed by atoms with Gasteiger partial charge >= 0.3 is 0 Å². The summed E-state index contributed by atoms with van der Waals surface area (Å²) in [7, 11) is 0. The number of hydrogen-bond donors (Lipinski definition) is 4. The zero-order valence-electron chi connectivity index (χ0n) is 62.2. The molecule has 12 amide bonds. The quantitative estimate of drug-likeness (QED) is 0.0595. The van der Waals surface area contributed by atoms with E-state index < -0.39 is 97.5 Å². The fourth-order valence-corrected chi connectivity index (χ4v) is 10.1. The van der Waals surface area contributed by atoms with Crippen LogP contribution in [0.4, 0.5) is 0 Å². The molecule has 0 unspecified atom stereocenters. The minimum absolute atomic E-state index is 0.0217. The van der Waals surface area contributed by atoms with E-state index in [1.54, 1.807) is 0 Å². The summed E-state index contributed by atoms with van der Waals surface area (Å²) in [5.74, 6) is -4.84. The molecule has 0 aromatic rings. The maximum absolute atomic E-state index is 12.8. The Morgan fingerprint density at radius 3 is 0.670 bits per heavy atom. The van der Waals surface area contributed by atoms with Gasteiger partial charge in [-0.25, -0.2) is 0 Å². The molecule has 4 aliphatic rings. The van der Waals surface area contributed by atoms with Crippen molar-refractivity contribution in [2.45, 2.75) is 226 Å². The Balaban J connectivity index is 1.50. The van der Waals surface area contributed by atoms with Crippen LogP contribution >= 0.6 is 0 Å². The second-order valence-electron chi connectivity index (χ2n) is 30.9. The van der Waals surface area contributed by atoms with Crippen LogP contribution in [0.1, 0.15) is 181 Å². The maximum atomic E-state index is 12.8. The molecule has 4 rings (SSSR count). The van der Waals surface area contributed by atoms with Gasteiger partial charge in [0.1, 0.15) is 0 Å². The molecule has 0 fully saturated rings. The van der Waals surface area contributed by atoms with Crippen molar-refractivity contribution in [3.05, 3.63) is 48.6 Å². The van der Waals surface area contributed by atoms with E-state index in [0.29, 0.717) is 64.6 Å². The van der Waals surface area contributed by atoms with E-state index in [2.05, 4.69) is 21.3 Å². The average Bonchev–Trinajstić information content (AvgIpc) is 1.27. The van der Waals surface area contributed by atoms with Gasteiger partial charge < -0.3 is 59.2 Å². The highest BCUT2D eigenvalue weighted by atomic mass is 16.6. The van der Waals surface area contributed by atoms with Crippen LogP contribution in [0.25, 0.3) is 0 Å². The van der Waals surface area contributed by atoms with Crippen molar-refractivity contribution < 1.29 is 95.4 Å². The van der Waals surface area contributed by atoms with Crippen LogP contribution in [0.2, 0.25) is 0 Å². The molecule has 28 nitrogen and oxygen atoms in total. The van der Waals surface area contributed by atoms with Gasteiger partial charge in [-0.3, -0.25) is 77.1 Å². The summed E-state index contributed by atoms with van der Waals surface area (Å²) in [4.78, 5) is 151. The first-order valence-corrected chi connectivity index (χ1v) is 34.7. The van der Waals surface area contributed by atoms with Crippen molar-refractivity contribution in [1.82, 2.24) is 40.9 Å². The molecule has 0 spiro atoms. The SMILES string of the molecule is CC(C)(CCNC(=O)CCN1C(=O)C=CC1=O)OCCC(C)(C)OCC(COC(C)(C)CCOC(C)(C)CCNC(=O)CCN1C(=O)C=CC1=O)(COC(C)(C)CCOC(C)(C)CCNC(=O)CCN1C(=O)C=CC1=O)COC(C)(C)COC(C)(C)CCNC(=O)CCN1C(=O)C=CC1=O. The topological polar surface area (TPSA) is 340 Å². The van der Waals surface area contributed by atoms with Gasteiger partial charge in [-0.2, -0.15) is 0 Å². The van der Waals surface area contributed by atoms with Crippen LogP contribution in [0.15, 0.2) is 48.6 Å². The van der Waals surface area contributed by atoms with E-state index in [9.17, 15) is 57.5 Å². The number of hydrogen-bond acceptors (Lipinski definition) is 20. The molecule has 100 heavy (non-hydrogen) atoms. The zero-order valence-corrected chi connectivity index (χ0v) is 62.2. The molecule has 562 valence electrons. The van der Waals surface area contributed by atoms with Crippen LogP contribution in [0.3, 0.4) is 0 Å². The summed E-state index contributed by atoms with van der Waals surface area (Å²) < 4.78 is 53.7. The smallest absolute Gasteiger partial charge is 0.253 e. The molecule has 0 aromatic heterocycles. The lowest BCUT2D eigenvalue weighted by atomic mass is 9.89. The molecule has 4 heterocycles. The molecule has 4 N–H and O–H groups in total. The summed E-state index contributed by atoms with van der Waals surface area (Å²) >= 11 is 0. The predicted molar refractivity (Wildman–Crippen MR) is 369 cm³/mol. The van der Waals surface area contributed by atoms with Gasteiger partial charge in [0.2, 0.25) is 23.6 Å². The van der Waals surface area contributed by atoms with Crippen LogP contribution in [-0.4, -0.2) is 241 Å². The molecule has 0 saturated heterocycles. The number of imide groups is 4. The molecule has 0 aromatic carbocycles. The van der Waals surface area contributed by atoms with Gasteiger partial charge in [0.05, 0.1) is 103 Å². The average molecular weight is 1410 g/mol. The van der Waals surface area contributed by atoms with E-state index in [4.69, 9.17) is 37.9 Å². The second kappa shape index (κ2) is 37.8. The number of carbonyl (C=O) groups excluding carboxylic acids is 12. The van der Waals surface area contributed by atoms with Gasteiger partial charge in [0.15, 0.2) is 0 Å². The number of carbonyl (C=O) groups is 12. The predicted octanol–water partition coefficient (Wildman–Crippen LogP) is 4.79. The summed E-state index contributed by atoms with van der Waals surface area (Å²) in [6, 6.07) is 0. The van der Waals surface area contributed by atoms with Gasteiger partial charge in [-0.15, -0.1) is 0 Å². The summed E-state index contributed by atoms with van der Waals surface area (Å²) in [6.45, 7) is 33.3. The monoisotopic (exact) mass is 1410 g/mol. The van der Waals surface area contributed by atoms with Gasteiger partial charge in [0, 0.05) is 127 Å². The molecule has 0 bridgehead atoms. The van der Waals surface area contributed by atoms with Gasteiger partial charge in [-0.05, 0) is 156 Å². The first kappa shape index (κ1) is 85.5. The zero-order chi connectivity index (χ0) is 75.0. The van der Waals surface area contributed by atoms with Crippen LogP contribution in [-0.2, 0) is 95.4 Å². The van der Waals surface area contributed by atoms with Crippen molar-refractivity contribution in [3.8, 4) is 0 Å². The number of ether oxygens (including phenoxy) is 8. The Morgan fingerprint density at radius 1 is 0.270 bits per heavy atom. The normalized spacial score (nSPS) is 15.9. The van der Waals surface area contributed by atoms with Crippen molar-refractivity contribution in [2.24, 2.45) is 5.41 Å². The van der Waals surface area contributed by atoms with E-state index >= 15 is 0 Å².